The first-order valence-electron chi connectivity index (χ1n) is 7.19. The molecular weight excluding hydrogens is 351 g/mol. The molecule has 1 amide bonds. The van der Waals surface area contributed by atoms with E-state index in [1.807, 2.05) is 0 Å². The van der Waals surface area contributed by atoms with Crippen LogP contribution in [0, 0.1) is 0 Å². The number of aliphatic carboxylic acids is 1. The summed E-state index contributed by atoms with van der Waals surface area (Å²) in [7, 11) is 0. The molecule has 0 radical (unpaired) electrons. The van der Waals surface area contributed by atoms with Crippen LogP contribution in [0.15, 0.2) is 12.3 Å². The maximum absolute atomic E-state index is 12.5. The van der Waals surface area contributed by atoms with Crippen LogP contribution in [-0.4, -0.2) is 46.0 Å². The number of rotatable bonds is 5. The minimum atomic E-state index is -4.53. The summed E-state index contributed by atoms with van der Waals surface area (Å²) in [6.45, 7) is 0.467. The molecule has 10 heteroatoms. The predicted octanol–water partition coefficient (Wildman–Crippen LogP) is 2.63. The number of carboxylic acid groups (broad SMARTS) is 1. The Morgan fingerprint density at radius 2 is 2.17 bits per heavy atom. The van der Waals surface area contributed by atoms with Gasteiger partial charge in [0.25, 0.3) is 0 Å². The molecule has 0 aliphatic carbocycles. The Morgan fingerprint density at radius 3 is 2.75 bits per heavy atom. The van der Waals surface area contributed by atoms with Gasteiger partial charge in [0.2, 0.25) is 5.91 Å². The van der Waals surface area contributed by atoms with Gasteiger partial charge in [-0.3, -0.25) is 4.79 Å². The molecule has 2 heterocycles. The van der Waals surface area contributed by atoms with Crippen LogP contribution in [0.25, 0.3) is 0 Å². The minimum absolute atomic E-state index is 0.0111. The highest BCUT2D eigenvalue weighted by Gasteiger charge is 2.33. The molecule has 2 N–H and O–H groups in total. The molecule has 132 valence electrons. The summed E-state index contributed by atoms with van der Waals surface area (Å²) in [5, 5.41) is 11.5. The normalized spacial score (nSPS) is 17.8. The number of carbonyl (C=O) groups is 2. The Morgan fingerprint density at radius 1 is 1.46 bits per heavy atom. The predicted molar refractivity (Wildman–Crippen MR) is 79.7 cm³/mol. The number of alkyl halides is 3. The first-order chi connectivity index (χ1) is 11.2. The first kappa shape index (κ1) is 18.3. The molecule has 1 atom stereocenters. The van der Waals surface area contributed by atoms with Crippen LogP contribution in [0.3, 0.4) is 0 Å². The van der Waals surface area contributed by atoms with Gasteiger partial charge < -0.3 is 15.3 Å². The fraction of sp³-hybridized carbons (Fsp3) is 0.500. The van der Waals surface area contributed by atoms with Crippen molar-refractivity contribution in [1.29, 1.82) is 0 Å². The van der Waals surface area contributed by atoms with Crippen molar-refractivity contribution in [2.45, 2.75) is 31.5 Å². The van der Waals surface area contributed by atoms with E-state index in [1.54, 1.807) is 0 Å². The lowest BCUT2D eigenvalue weighted by Gasteiger charge is -2.21. The molecule has 0 saturated carbocycles. The molecule has 2 rings (SSSR count). The Hall–Kier alpha value is -2.03. The molecule has 1 aliphatic heterocycles. The van der Waals surface area contributed by atoms with Crippen molar-refractivity contribution >= 4 is 29.3 Å². The SMILES string of the molecule is O=C(O)C1CCCN1C(=O)CCNc1ncc(C(F)(F)F)cc1Cl. The van der Waals surface area contributed by atoms with E-state index in [-0.39, 0.29) is 29.7 Å². The molecule has 1 saturated heterocycles. The minimum Gasteiger partial charge on any atom is -0.480 e. The highest BCUT2D eigenvalue weighted by molar-refractivity contribution is 6.32. The van der Waals surface area contributed by atoms with E-state index >= 15 is 0 Å². The van der Waals surface area contributed by atoms with E-state index < -0.39 is 23.8 Å². The smallest absolute Gasteiger partial charge is 0.417 e. The Bertz CT molecular complexity index is 639. The largest absolute Gasteiger partial charge is 0.480 e. The third-order valence-electron chi connectivity index (χ3n) is 3.66. The quantitative estimate of drug-likeness (QED) is 0.838. The van der Waals surface area contributed by atoms with Crippen LogP contribution in [-0.2, 0) is 15.8 Å². The number of likely N-dealkylation sites (tertiary alicyclic amines) is 1. The van der Waals surface area contributed by atoms with Crippen molar-refractivity contribution in [2.24, 2.45) is 0 Å². The lowest BCUT2D eigenvalue weighted by atomic mass is 10.2. The van der Waals surface area contributed by atoms with E-state index in [0.717, 1.165) is 6.07 Å². The van der Waals surface area contributed by atoms with Crippen molar-refractivity contribution in [3.63, 3.8) is 0 Å². The van der Waals surface area contributed by atoms with E-state index in [2.05, 4.69) is 10.3 Å². The number of hydrogen-bond acceptors (Lipinski definition) is 4. The van der Waals surface area contributed by atoms with Crippen molar-refractivity contribution in [2.75, 3.05) is 18.4 Å². The van der Waals surface area contributed by atoms with Crippen molar-refractivity contribution in [3.05, 3.63) is 22.8 Å². The van der Waals surface area contributed by atoms with Gasteiger partial charge in [-0.1, -0.05) is 11.6 Å². The fourth-order valence-electron chi connectivity index (χ4n) is 2.48. The van der Waals surface area contributed by atoms with Crippen LogP contribution in [0.2, 0.25) is 5.02 Å². The molecule has 1 aromatic rings. The van der Waals surface area contributed by atoms with Gasteiger partial charge in [-0.15, -0.1) is 0 Å². The van der Waals surface area contributed by atoms with Gasteiger partial charge in [0.15, 0.2) is 0 Å². The van der Waals surface area contributed by atoms with Crippen LogP contribution in [0.5, 0.6) is 0 Å². The number of nitrogens with zero attached hydrogens (tertiary/aromatic N) is 2. The Balaban J connectivity index is 1.90. The molecule has 6 nitrogen and oxygen atoms in total. The maximum Gasteiger partial charge on any atom is 0.417 e. The molecule has 24 heavy (non-hydrogen) atoms. The third kappa shape index (κ3) is 4.28. The second kappa shape index (κ2) is 7.25. The van der Waals surface area contributed by atoms with E-state index in [0.29, 0.717) is 25.6 Å². The summed E-state index contributed by atoms with van der Waals surface area (Å²) in [6.07, 6.45) is -2.85. The van der Waals surface area contributed by atoms with Gasteiger partial charge in [0.1, 0.15) is 11.9 Å². The highest BCUT2D eigenvalue weighted by atomic mass is 35.5. The molecule has 1 unspecified atom stereocenters. The monoisotopic (exact) mass is 365 g/mol. The Labute approximate surface area is 140 Å². The number of anilines is 1. The number of carboxylic acids is 1. The van der Waals surface area contributed by atoms with Gasteiger partial charge in [-0.2, -0.15) is 13.2 Å². The standard InChI is InChI=1S/C14H15ClF3N3O3/c15-9-6-8(14(16,17)18)7-20-12(9)19-4-3-11(22)21-5-1-2-10(21)13(23)24/h6-7,10H,1-5H2,(H,19,20)(H,23,24). The number of amides is 1. The zero-order valence-corrected chi connectivity index (χ0v) is 13.2. The van der Waals surface area contributed by atoms with Gasteiger partial charge in [-0.25, -0.2) is 9.78 Å². The number of halogens is 4. The zero-order valence-electron chi connectivity index (χ0n) is 12.4. The van der Waals surface area contributed by atoms with Crippen LogP contribution in [0.4, 0.5) is 19.0 Å². The number of aromatic nitrogens is 1. The summed E-state index contributed by atoms with van der Waals surface area (Å²) in [6, 6.07) is -0.0649. The highest BCUT2D eigenvalue weighted by Crippen LogP contribution is 2.32. The average molecular weight is 366 g/mol. The molecule has 1 aromatic heterocycles. The summed E-state index contributed by atoms with van der Waals surface area (Å²) in [5.41, 5.74) is -0.963. The Kier molecular flexibility index (Phi) is 5.53. The summed E-state index contributed by atoms with van der Waals surface area (Å²) >= 11 is 5.74. The molecule has 0 aromatic carbocycles. The molecule has 0 bridgehead atoms. The zero-order chi connectivity index (χ0) is 17.9. The van der Waals surface area contributed by atoms with Crippen molar-refractivity contribution in [1.82, 2.24) is 9.88 Å². The lowest BCUT2D eigenvalue weighted by Crippen LogP contribution is -2.40. The maximum atomic E-state index is 12.5. The second-order valence-corrected chi connectivity index (χ2v) is 5.72. The van der Waals surface area contributed by atoms with Gasteiger partial charge in [-0.05, 0) is 18.9 Å². The summed E-state index contributed by atoms with van der Waals surface area (Å²) < 4.78 is 37.5. The van der Waals surface area contributed by atoms with Gasteiger partial charge in [0.05, 0.1) is 10.6 Å². The van der Waals surface area contributed by atoms with E-state index in [9.17, 15) is 22.8 Å². The number of nitrogens with one attached hydrogen (secondary N) is 1. The third-order valence-corrected chi connectivity index (χ3v) is 3.95. The fourth-order valence-corrected chi connectivity index (χ4v) is 2.71. The molecular formula is C14H15ClF3N3O3. The van der Waals surface area contributed by atoms with Crippen LogP contribution in [0.1, 0.15) is 24.8 Å². The number of carbonyl (C=O) groups excluding carboxylic acids is 1. The number of hydrogen-bond donors (Lipinski definition) is 2. The number of pyridine rings is 1. The van der Waals surface area contributed by atoms with Crippen molar-refractivity contribution in [3.8, 4) is 0 Å². The summed E-state index contributed by atoms with van der Waals surface area (Å²) in [5.74, 6) is -1.34. The van der Waals surface area contributed by atoms with Crippen molar-refractivity contribution < 1.29 is 27.9 Å². The van der Waals surface area contributed by atoms with Crippen LogP contribution < -0.4 is 5.32 Å². The topological polar surface area (TPSA) is 82.5 Å². The summed E-state index contributed by atoms with van der Waals surface area (Å²) in [4.78, 5) is 28.0. The molecule has 1 aliphatic rings. The van der Waals surface area contributed by atoms with E-state index in [4.69, 9.17) is 16.7 Å². The first-order valence-corrected chi connectivity index (χ1v) is 7.57. The molecule has 1 fully saturated rings. The van der Waals surface area contributed by atoms with Gasteiger partial charge in [0, 0.05) is 25.7 Å². The lowest BCUT2D eigenvalue weighted by molar-refractivity contribution is -0.148. The second-order valence-electron chi connectivity index (χ2n) is 5.31. The van der Waals surface area contributed by atoms with Crippen LogP contribution >= 0.6 is 11.6 Å². The van der Waals surface area contributed by atoms with Gasteiger partial charge >= 0.3 is 12.1 Å². The average Bonchev–Trinajstić information content (AvgIpc) is 2.97. The van der Waals surface area contributed by atoms with E-state index in [1.165, 1.54) is 4.90 Å². The molecule has 0 spiro atoms.